The Labute approximate surface area is 87.3 Å². The van der Waals surface area contributed by atoms with Crippen molar-refractivity contribution < 1.29 is 5.11 Å². The summed E-state index contributed by atoms with van der Waals surface area (Å²) >= 11 is 0. The van der Waals surface area contributed by atoms with E-state index >= 15 is 0 Å². The van der Waals surface area contributed by atoms with Crippen LogP contribution in [0.1, 0.15) is 45.4 Å². The van der Waals surface area contributed by atoms with Gasteiger partial charge in [-0.1, -0.05) is 6.42 Å². The maximum absolute atomic E-state index is 9.20. The standard InChI is InChI=1S/C12H23NO/c1-10-4-3-7-13(10)12-6-2-5-11(8-12)9-14/h10-12,14H,2-9H2,1H3. The highest BCUT2D eigenvalue weighted by atomic mass is 16.3. The molecule has 0 bridgehead atoms. The number of hydrogen-bond donors (Lipinski definition) is 1. The first-order chi connectivity index (χ1) is 6.81. The number of rotatable bonds is 2. The van der Waals surface area contributed by atoms with Crippen LogP contribution in [-0.2, 0) is 0 Å². The first-order valence-corrected chi connectivity index (χ1v) is 6.18. The van der Waals surface area contributed by atoms with Crippen molar-refractivity contribution in [3.63, 3.8) is 0 Å². The third-order valence-electron chi connectivity index (χ3n) is 4.09. The van der Waals surface area contributed by atoms with Crippen LogP contribution in [0.15, 0.2) is 0 Å². The minimum absolute atomic E-state index is 0.402. The van der Waals surface area contributed by atoms with E-state index in [0.717, 1.165) is 12.1 Å². The Kier molecular flexibility index (Phi) is 3.45. The molecule has 1 saturated carbocycles. The van der Waals surface area contributed by atoms with Gasteiger partial charge in [0.15, 0.2) is 0 Å². The molecule has 0 aromatic rings. The van der Waals surface area contributed by atoms with Crippen molar-refractivity contribution in [1.82, 2.24) is 4.90 Å². The second-order valence-corrected chi connectivity index (χ2v) is 5.10. The number of aliphatic hydroxyl groups excluding tert-OH is 1. The van der Waals surface area contributed by atoms with E-state index in [0.29, 0.717) is 12.5 Å². The van der Waals surface area contributed by atoms with E-state index in [1.807, 2.05) is 0 Å². The van der Waals surface area contributed by atoms with Gasteiger partial charge in [0, 0.05) is 18.7 Å². The molecular weight excluding hydrogens is 174 g/mol. The lowest BCUT2D eigenvalue weighted by molar-refractivity contribution is 0.0965. The molecule has 0 radical (unpaired) electrons. The molecule has 82 valence electrons. The van der Waals surface area contributed by atoms with Crippen LogP contribution in [0.4, 0.5) is 0 Å². The van der Waals surface area contributed by atoms with Crippen molar-refractivity contribution in [2.75, 3.05) is 13.2 Å². The van der Waals surface area contributed by atoms with Crippen molar-refractivity contribution in [3.05, 3.63) is 0 Å². The van der Waals surface area contributed by atoms with E-state index in [1.54, 1.807) is 0 Å². The molecule has 1 aliphatic carbocycles. The van der Waals surface area contributed by atoms with Crippen LogP contribution in [0, 0.1) is 5.92 Å². The van der Waals surface area contributed by atoms with E-state index in [2.05, 4.69) is 11.8 Å². The maximum Gasteiger partial charge on any atom is 0.0459 e. The smallest absolute Gasteiger partial charge is 0.0459 e. The summed E-state index contributed by atoms with van der Waals surface area (Å²) < 4.78 is 0. The lowest BCUT2D eigenvalue weighted by atomic mass is 9.85. The van der Waals surface area contributed by atoms with Gasteiger partial charge in [-0.25, -0.2) is 0 Å². The molecule has 2 fully saturated rings. The number of aliphatic hydroxyl groups is 1. The Morgan fingerprint density at radius 2 is 2.07 bits per heavy atom. The van der Waals surface area contributed by atoms with Gasteiger partial charge in [-0.2, -0.15) is 0 Å². The van der Waals surface area contributed by atoms with Crippen LogP contribution >= 0.6 is 0 Å². The third kappa shape index (κ3) is 2.12. The van der Waals surface area contributed by atoms with Crippen LogP contribution in [-0.4, -0.2) is 35.2 Å². The number of hydrogen-bond acceptors (Lipinski definition) is 2. The van der Waals surface area contributed by atoms with Gasteiger partial charge in [0.05, 0.1) is 0 Å². The predicted molar refractivity (Wildman–Crippen MR) is 58.2 cm³/mol. The monoisotopic (exact) mass is 197 g/mol. The summed E-state index contributed by atoms with van der Waals surface area (Å²) in [5.41, 5.74) is 0. The molecule has 1 N–H and O–H groups in total. The summed E-state index contributed by atoms with van der Waals surface area (Å²) in [6, 6.07) is 1.57. The summed E-state index contributed by atoms with van der Waals surface area (Å²) in [6.07, 6.45) is 7.91. The van der Waals surface area contributed by atoms with Gasteiger partial charge in [0.25, 0.3) is 0 Å². The molecule has 1 aliphatic heterocycles. The highest BCUT2D eigenvalue weighted by Gasteiger charge is 2.31. The summed E-state index contributed by atoms with van der Waals surface area (Å²) in [6.45, 7) is 4.05. The summed E-state index contributed by atoms with van der Waals surface area (Å²) in [7, 11) is 0. The SMILES string of the molecule is CC1CCCN1C1CCCC(CO)C1. The minimum atomic E-state index is 0.402. The minimum Gasteiger partial charge on any atom is -0.396 e. The van der Waals surface area contributed by atoms with Crippen LogP contribution in [0.2, 0.25) is 0 Å². The zero-order valence-corrected chi connectivity index (χ0v) is 9.28. The molecule has 2 aliphatic rings. The first-order valence-electron chi connectivity index (χ1n) is 6.18. The fraction of sp³-hybridized carbons (Fsp3) is 1.00. The van der Waals surface area contributed by atoms with E-state index in [4.69, 9.17) is 0 Å². The van der Waals surface area contributed by atoms with Crippen molar-refractivity contribution in [2.24, 2.45) is 5.92 Å². The molecule has 0 spiro atoms. The molecule has 1 heterocycles. The average Bonchev–Trinajstić information content (AvgIpc) is 2.65. The fourth-order valence-corrected chi connectivity index (χ4v) is 3.23. The average molecular weight is 197 g/mol. The quantitative estimate of drug-likeness (QED) is 0.732. The molecule has 1 saturated heterocycles. The van der Waals surface area contributed by atoms with Crippen LogP contribution < -0.4 is 0 Å². The molecule has 0 aromatic heterocycles. The first kappa shape index (κ1) is 10.4. The lowest BCUT2D eigenvalue weighted by Gasteiger charge is -2.37. The molecule has 0 amide bonds. The number of nitrogens with zero attached hydrogens (tertiary/aromatic N) is 1. The Hall–Kier alpha value is -0.0800. The molecule has 2 rings (SSSR count). The van der Waals surface area contributed by atoms with E-state index in [-0.39, 0.29) is 0 Å². The molecular formula is C12H23NO. The third-order valence-corrected chi connectivity index (χ3v) is 4.09. The van der Waals surface area contributed by atoms with Gasteiger partial charge >= 0.3 is 0 Å². The summed E-state index contributed by atoms with van der Waals surface area (Å²) in [4.78, 5) is 2.68. The zero-order chi connectivity index (χ0) is 9.97. The summed E-state index contributed by atoms with van der Waals surface area (Å²) in [5.74, 6) is 0.585. The van der Waals surface area contributed by atoms with Crippen molar-refractivity contribution in [1.29, 1.82) is 0 Å². The highest BCUT2D eigenvalue weighted by Crippen LogP contribution is 2.31. The van der Waals surface area contributed by atoms with Crippen molar-refractivity contribution in [2.45, 2.75) is 57.5 Å². The van der Waals surface area contributed by atoms with Gasteiger partial charge in [-0.3, -0.25) is 4.90 Å². The molecule has 2 heteroatoms. The molecule has 2 nitrogen and oxygen atoms in total. The topological polar surface area (TPSA) is 23.5 Å². The molecule has 0 aromatic carbocycles. The predicted octanol–water partition coefficient (Wildman–Crippen LogP) is 2.02. The second-order valence-electron chi connectivity index (χ2n) is 5.10. The summed E-state index contributed by atoms with van der Waals surface area (Å²) in [5, 5.41) is 9.20. The zero-order valence-electron chi connectivity index (χ0n) is 9.28. The Bertz CT molecular complexity index is 183. The molecule has 3 unspecified atom stereocenters. The van der Waals surface area contributed by atoms with E-state index in [1.165, 1.54) is 45.1 Å². The van der Waals surface area contributed by atoms with Gasteiger partial charge in [0.1, 0.15) is 0 Å². The highest BCUT2D eigenvalue weighted by molar-refractivity contribution is 4.86. The van der Waals surface area contributed by atoms with Gasteiger partial charge < -0.3 is 5.11 Å². The van der Waals surface area contributed by atoms with Crippen molar-refractivity contribution >= 4 is 0 Å². The Morgan fingerprint density at radius 1 is 1.21 bits per heavy atom. The van der Waals surface area contributed by atoms with Crippen LogP contribution in [0.5, 0.6) is 0 Å². The second kappa shape index (κ2) is 4.63. The number of likely N-dealkylation sites (tertiary alicyclic amines) is 1. The Balaban J connectivity index is 1.90. The van der Waals surface area contributed by atoms with Gasteiger partial charge in [-0.05, 0) is 51.5 Å². The van der Waals surface area contributed by atoms with Gasteiger partial charge in [-0.15, -0.1) is 0 Å². The fourth-order valence-electron chi connectivity index (χ4n) is 3.23. The largest absolute Gasteiger partial charge is 0.396 e. The van der Waals surface area contributed by atoms with Gasteiger partial charge in [0.2, 0.25) is 0 Å². The molecule has 14 heavy (non-hydrogen) atoms. The van der Waals surface area contributed by atoms with E-state index < -0.39 is 0 Å². The maximum atomic E-state index is 9.20. The molecule has 3 atom stereocenters. The van der Waals surface area contributed by atoms with Crippen molar-refractivity contribution in [3.8, 4) is 0 Å². The van der Waals surface area contributed by atoms with Crippen LogP contribution in [0.3, 0.4) is 0 Å². The Morgan fingerprint density at radius 3 is 2.71 bits per heavy atom. The lowest BCUT2D eigenvalue weighted by Crippen LogP contribution is -2.41. The normalized spacial score (nSPS) is 40.3. The van der Waals surface area contributed by atoms with E-state index in [9.17, 15) is 5.11 Å². The van der Waals surface area contributed by atoms with Crippen LogP contribution in [0.25, 0.3) is 0 Å².